The molecule has 100 valence electrons. The van der Waals surface area contributed by atoms with Crippen molar-refractivity contribution in [2.24, 2.45) is 5.92 Å². The van der Waals surface area contributed by atoms with Crippen LogP contribution in [0, 0.1) is 12.8 Å². The Labute approximate surface area is 119 Å². The van der Waals surface area contributed by atoms with Crippen LogP contribution in [0.4, 0.5) is 0 Å². The molecule has 3 rings (SSSR count). The highest BCUT2D eigenvalue weighted by atomic mass is 35.5. The molecule has 19 heavy (non-hydrogen) atoms. The molecule has 2 aromatic rings. The van der Waals surface area contributed by atoms with Gasteiger partial charge < -0.3 is 4.90 Å². The van der Waals surface area contributed by atoms with Crippen molar-refractivity contribution in [3.63, 3.8) is 0 Å². The Morgan fingerprint density at radius 1 is 1.58 bits per heavy atom. The molecule has 1 aliphatic heterocycles. The van der Waals surface area contributed by atoms with Crippen molar-refractivity contribution in [2.75, 3.05) is 13.1 Å². The minimum atomic E-state index is 0.0924. The molecule has 1 aliphatic rings. The van der Waals surface area contributed by atoms with E-state index in [1.54, 1.807) is 17.9 Å². The maximum absolute atomic E-state index is 12.2. The van der Waals surface area contributed by atoms with E-state index in [9.17, 15) is 4.79 Å². The van der Waals surface area contributed by atoms with Gasteiger partial charge in [0.15, 0.2) is 0 Å². The fraction of sp³-hybridized carbons (Fsp3) is 0.417. The lowest BCUT2D eigenvalue weighted by Crippen LogP contribution is -2.51. The summed E-state index contributed by atoms with van der Waals surface area (Å²) in [5.41, 5.74) is 2.53. The standard InChI is InChI=1S/C12H13ClN4OS/c1-8-11(19-7-14-8)12(18)16-3-9(4-16)5-17-6-10(13)2-15-17/h2,6-7,9H,3-5H2,1H3. The SMILES string of the molecule is Cc1ncsc1C(=O)N1CC(Cn2cc(Cl)cn2)C1. The molecule has 0 saturated carbocycles. The van der Waals surface area contributed by atoms with Gasteiger partial charge in [-0.3, -0.25) is 9.48 Å². The first kappa shape index (κ1) is 12.6. The molecule has 0 N–H and O–H groups in total. The van der Waals surface area contributed by atoms with Crippen LogP contribution in [0.25, 0.3) is 0 Å². The number of rotatable bonds is 3. The van der Waals surface area contributed by atoms with Crippen LogP contribution in [0.1, 0.15) is 15.4 Å². The molecule has 0 spiro atoms. The highest BCUT2D eigenvalue weighted by Gasteiger charge is 2.32. The number of aryl methyl sites for hydroxylation is 1. The third-order valence-electron chi connectivity index (χ3n) is 3.23. The van der Waals surface area contributed by atoms with E-state index in [4.69, 9.17) is 11.6 Å². The zero-order chi connectivity index (χ0) is 13.4. The van der Waals surface area contributed by atoms with Crippen LogP contribution in [-0.4, -0.2) is 38.7 Å². The van der Waals surface area contributed by atoms with Gasteiger partial charge in [-0.15, -0.1) is 11.3 Å². The average molecular weight is 297 g/mol. The Kier molecular flexibility index (Phi) is 3.28. The van der Waals surface area contributed by atoms with E-state index in [1.807, 2.05) is 16.5 Å². The fourth-order valence-corrected chi connectivity index (χ4v) is 3.13. The molecule has 0 aliphatic carbocycles. The van der Waals surface area contributed by atoms with Crippen molar-refractivity contribution in [1.82, 2.24) is 19.7 Å². The second kappa shape index (κ2) is 4.94. The van der Waals surface area contributed by atoms with Crippen molar-refractivity contribution in [3.8, 4) is 0 Å². The first-order valence-corrected chi connectivity index (χ1v) is 7.26. The maximum Gasteiger partial charge on any atom is 0.265 e. The topological polar surface area (TPSA) is 51.0 Å². The molecule has 1 fully saturated rings. The van der Waals surface area contributed by atoms with E-state index < -0.39 is 0 Å². The average Bonchev–Trinajstić information content (AvgIpc) is 2.91. The molecule has 0 atom stereocenters. The lowest BCUT2D eigenvalue weighted by atomic mass is 10.00. The number of aromatic nitrogens is 3. The molecule has 0 unspecified atom stereocenters. The number of amides is 1. The summed E-state index contributed by atoms with van der Waals surface area (Å²) >= 11 is 7.22. The van der Waals surface area contributed by atoms with Crippen LogP contribution in [0.2, 0.25) is 5.02 Å². The van der Waals surface area contributed by atoms with Gasteiger partial charge in [0.05, 0.1) is 22.4 Å². The Hall–Kier alpha value is -1.40. The summed E-state index contributed by atoms with van der Waals surface area (Å²) in [5, 5.41) is 4.79. The van der Waals surface area contributed by atoms with Gasteiger partial charge in [-0.2, -0.15) is 5.10 Å². The molecule has 1 amide bonds. The molecular formula is C12H13ClN4OS. The van der Waals surface area contributed by atoms with E-state index in [0.29, 0.717) is 10.9 Å². The summed E-state index contributed by atoms with van der Waals surface area (Å²) in [6, 6.07) is 0. The van der Waals surface area contributed by atoms with Gasteiger partial charge in [-0.25, -0.2) is 4.98 Å². The van der Waals surface area contributed by atoms with Crippen LogP contribution in [-0.2, 0) is 6.54 Å². The quantitative estimate of drug-likeness (QED) is 0.871. The van der Waals surface area contributed by atoms with Crippen LogP contribution < -0.4 is 0 Å². The lowest BCUT2D eigenvalue weighted by Gasteiger charge is -2.39. The van der Waals surface area contributed by atoms with Crippen LogP contribution in [0.5, 0.6) is 0 Å². The van der Waals surface area contributed by atoms with Gasteiger partial charge in [0.2, 0.25) is 0 Å². The van der Waals surface area contributed by atoms with E-state index in [1.165, 1.54) is 11.3 Å². The normalized spacial score (nSPS) is 15.6. The largest absolute Gasteiger partial charge is 0.337 e. The molecule has 5 nitrogen and oxygen atoms in total. The number of likely N-dealkylation sites (tertiary alicyclic amines) is 1. The Bertz CT molecular complexity index is 602. The number of hydrogen-bond donors (Lipinski definition) is 0. The Morgan fingerprint density at radius 2 is 2.37 bits per heavy atom. The van der Waals surface area contributed by atoms with Gasteiger partial charge in [0, 0.05) is 31.7 Å². The second-order valence-electron chi connectivity index (χ2n) is 4.72. The van der Waals surface area contributed by atoms with Gasteiger partial charge >= 0.3 is 0 Å². The minimum absolute atomic E-state index is 0.0924. The van der Waals surface area contributed by atoms with E-state index in [-0.39, 0.29) is 5.91 Å². The van der Waals surface area contributed by atoms with Crippen LogP contribution in [0.3, 0.4) is 0 Å². The highest BCUT2D eigenvalue weighted by Crippen LogP contribution is 2.23. The summed E-state index contributed by atoms with van der Waals surface area (Å²) < 4.78 is 1.83. The highest BCUT2D eigenvalue weighted by molar-refractivity contribution is 7.11. The second-order valence-corrected chi connectivity index (χ2v) is 6.01. The van der Waals surface area contributed by atoms with Crippen molar-refractivity contribution < 1.29 is 4.79 Å². The monoisotopic (exact) mass is 296 g/mol. The molecule has 2 aromatic heterocycles. The Morgan fingerprint density at radius 3 is 2.95 bits per heavy atom. The van der Waals surface area contributed by atoms with Crippen molar-refractivity contribution in [3.05, 3.63) is 33.5 Å². The van der Waals surface area contributed by atoms with Crippen molar-refractivity contribution in [2.45, 2.75) is 13.5 Å². The number of nitrogens with zero attached hydrogens (tertiary/aromatic N) is 4. The lowest BCUT2D eigenvalue weighted by molar-refractivity contribution is 0.0465. The molecule has 1 saturated heterocycles. The van der Waals surface area contributed by atoms with E-state index in [2.05, 4.69) is 10.1 Å². The smallest absolute Gasteiger partial charge is 0.265 e. The number of carbonyl (C=O) groups is 1. The van der Waals surface area contributed by atoms with Gasteiger partial charge in [0.25, 0.3) is 5.91 Å². The van der Waals surface area contributed by atoms with Gasteiger partial charge in [-0.05, 0) is 6.92 Å². The van der Waals surface area contributed by atoms with Crippen molar-refractivity contribution in [1.29, 1.82) is 0 Å². The van der Waals surface area contributed by atoms with E-state index in [0.717, 1.165) is 30.2 Å². The summed E-state index contributed by atoms with van der Waals surface area (Å²) in [6.45, 7) is 4.21. The van der Waals surface area contributed by atoms with Crippen LogP contribution in [0.15, 0.2) is 17.9 Å². The molecule has 3 heterocycles. The number of halogens is 1. The summed E-state index contributed by atoms with van der Waals surface area (Å²) in [5.74, 6) is 0.544. The number of thiazole rings is 1. The fourth-order valence-electron chi connectivity index (χ4n) is 2.20. The maximum atomic E-state index is 12.2. The molecule has 7 heteroatoms. The van der Waals surface area contributed by atoms with Gasteiger partial charge in [-0.1, -0.05) is 11.6 Å². The summed E-state index contributed by atoms with van der Waals surface area (Å²) in [4.78, 5) is 18.9. The molecular weight excluding hydrogens is 284 g/mol. The molecule has 0 aromatic carbocycles. The third kappa shape index (κ3) is 2.50. The van der Waals surface area contributed by atoms with E-state index >= 15 is 0 Å². The zero-order valence-electron chi connectivity index (χ0n) is 10.4. The number of hydrogen-bond acceptors (Lipinski definition) is 4. The van der Waals surface area contributed by atoms with Gasteiger partial charge in [0.1, 0.15) is 4.88 Å². The third-order valence-corrected chi connectivity index (χ3v) is 4.34. The molecule has 0 bridgehead atoms. The summed E-state index contributed by atoms with van der Waals surface area (Å²) in [6.07, 6.45) is 3.43. The summed E-state index contributed by atoms with van der Waals surface area (Å²) in [7, 11) is 0. The molecule has 0 radical (unpaired) electrons. The first-order chi connectivity index (χ1) is 9.13. The predicted molar refractivity (Wildman–Crippen MR) is 73.5 cm³/mol. The predicted octanol–water partition coefficient (Wildman–Crippen LogP) is 2.07. The van der Waals surface area contributed by atoms with Crippen molar-refractivity contribution >= 4 is 28.8 Å². The number of carbonyl (C=O) groups excluding carboxylic acids is 1. The van der Waals surface area contributed by atoms with Crippen LogP contribution >= 0.6 is 22.9 Å². The zero-order valence-corrected chi connectivity index (χ0v) is 12.0. The first-order valence-electron chi connectivity index (χ1n) is 6.01. The minimum Gasteiger partial charge on any atom is -0.337 e. The Balaban J connectivity index is 1.55.